The van der Waals surface area contributed by atoms with E-state index in [9.17, 15) is 10.2 Å². The van der Waals surface area contributed by atoms with Gasteiger partial charge in [0, 0.05) is 11.6 Å². The lowest BCUT2D eigenvalue weighted by atomic mass is 9.95. The Kier molecular flexibility index (Phi) is 4.64. The highest BCUT2D eigenvalue weighted by Gasteiger charge is 2.13. The van der Waals surface area contributed by atoms with E-state index in [4.69, 9.17) is 0 Å². The molecule has 1 aliphatic rings. The van der Waals surface area contributed by atoms with Gasteiger partial charge in [0.1, 0.15) is 11.5 Å². The van der Waals surface area contributed by atoms with Crippen LogP contribution in [0.5, 0.6) is 11.5 Å². The van der Waals surface area contributed by atoms with Gasteiger partial charge < -0.3 is 15.5 Å². The van der Waals surface area contributed by atoms with Gasteiger partial charge in [-0.05, 0) is 61.6 Å². The van der Waals surface area contributed by atoms with E-state index in [2.05, 4.69) is 11.4 Å². The summed E-state index contributed by atoms with van der Waals surface area (Å²) in [6, 6.07) is 13.4. The van der Waals surface area contributed by atoms with Crippen molar-refractivity contribution in [3.63, 3.8) is 0 Å². The third kappa shape index (κ3) is 3.60. The molecule has 0 aromatic heterocycles. The van der Waals surface area contributed by atoms with E-state index < -0.39 is 0 Å². The van der Waals surface area contributed by atoms with Gasteiger partial charge in [0.2, 0.25) is 0 Å². The van der Waals surface area contributed by atoms with Gasteiger partial charge in [0.15, 0.2) is 0 Å². The Hall–Kier alpha value is -2.00. The molecule has 3 nitrogen and oxygen atoms in total. The summed E-state index contributed by atoms with van der Waals surface area (Å²) in [5.74, 6) is 0.500. The maximum Gasteiger partial charge on any atom is 0.123 e. The summed E-state index contributed by atoms with van der Waals surface area (Å²) in [7, 11) is 0. The number of hydrogen-bond donors (Lipinski definition) is 3. The molecule has 0 bridgehead atoms. The molecule has 1 atom stereocenters. The Morgan fingerprint density at radius 2 is 1.91 bits per heavy atom. The largest absolute Gasteiger partial charge is 0.508 e. The average molecular weight is 297 g/mol. The molecule has 3 heteroatoms. The van der Waals surface area contributed by atoms with Crippen LogP contribution in [0.4, 0.5) is 0 Å². The SMILES string of the molecule is Oc1cc(CC[C@@H]2CCCCN2)cc(-c2ccccc2O)c1. The zero-order chi connectivity index (χ0) is 15.4. The van der Waals surface area contributed by atoms with Crippen LogP contribution in [0.15, 0.2) is 42.5 Å². The quantitative estimate of drug-likeness (QED) is 0.803. The minimum atomic E-state index is 0.244. The van der Waals surface area contributed by atoms with Crippen LogP contribution in [0.2, 0.25) is 0 Å². The zero-order valence-corrected chi connectivity index (χ0v) is 12.8. The van der Waals surface area contributed by atoms with E-state index in [1.54, 1.807) is 18.2 Å². The van der Waals surface area contributed by atoms with E-state index in [-0.39, 0.29) is 11.5 Å². The minimum Gasteiger partial charge on any atom is -0.508 e. The standard InChI is InChI=1S/C19H23NO2/c21-17-12-14(8-9-16-5-3-4-10-20-16)11-15(13-17)18-6-1-2-7-19(18)22/h1-2,6-7,11-13,16,20-22H,3-5,8-10H2/t16-/m0/s1. The lowest BCUT2D eigenvalue weighted by Gasteiger charge is -2.23. The van der Waals surface area contributed by atoms with Gasteiger partial charge in [-0.15, -0.1) is 0 Å². The summed E-state index contributed by atoms with van der Waals surface area (Å²) >= 11 is 0. The normalized spacial score (nSPS) is 18.3. The Bertz CT molecular complexity index is 633. The second-order valence-corrected chi connectivity index (χ2v) is 6.09. The highest BCUT2D eigenvalue weighted by Crippen LogP contribution is 2.32. The number of phenolic OH excluding ortho intramolecular Hbond substituents is 2. The molecule has 2 aromatic carbocycles. The summed E-state index contributed by atoms with van der Waals surface area (Å²) < 4.78 is 0. The van der Waals surface area contributed by atoms with Crippen LogP contribution in [0.3, 0.4) is 0 Å². The molecule has 0 aliphatic carbocycles. The van der Waals surface area contributed by atoms with Gasteiger partial charge in [0.25, 0.3) is 0 Å². The summed E-state index contributed by atoms with van der Waals surface area (Å²) in [5, 5.41) is 23.5. The first-order valence-corrected chi connectivity index (χ1v) is 8.07. The fourth-order valence-electron chi connectivity index (χ4n) is 3.20. The molecule has 2 aromatic rings. The first-order valence-electron chi connectivity index (χ1n) is 8.07. The van der Waals surface area contributed by atoms with Crippen LogP contribution >= 0.6 is 0 Å². The highest BCUT2D eigenvalue weighted by atomic mass is 16.3. The third-order valence-electron chi connectivity index (χ3n) is 4.39. The molecule has 1 saturated heterocycles. The molecule has 0 amide bonds. The van der Waals surface area contributed by atoms with Crippen LogP contribution < -0.4 is 5.32 Å². The summed E-state index contributed by atoms with van der Waals surface area (Å²) in [6.07, 6.45) is 5.85. The Morgan fingerprint density at radius 3 is 2.68 bits per heavy atom. The van der Waals surface area contributed by atoms with Crippen LogP contribution in [-0.2, 0) is 6.42 Å². The van der Waals surface area contributed by atoms with Crippen molar-refractivity contribution in [1.29, 1.82) is 0 Å². The molecule has 0 spiro atoms. The van der Waals surface area contributed by atoms with Gasteiger partial charge in [-0.2, -0.15) is 0 Å². The smallest absolute Gasteiger partial charge is 0.123 e. The number of benzene rings is 2. The average Bonchev–Trinajstić information content (AvgIpc) is 2.54. The van der Waals surface area contributed by atoms with Crippen molar-refractivity contribution in [3.05, 3.63) is 48.0 Å². The minimum absolute atomic E-state index is 0.244. The van der Waals surface area contributed by atoms with E-state index in [1.165, 1.54) is 19.3 Å². The maximum atomic E-state index is 9.99. The molecular weight excluding hydrogens is 274 g/mol. The second kappa shape index (κ2) is 6.84. The highest BCUT2D eigenvalue weighted by molar-refractivity contribution is 5.71. The van der Waals surface area contributed by atoms with Crippen LogP contribution in [0, 0.1) is 0 Å². The fourth-order valence-corrected chi connectivity index (χ4v) is 3.20. The van der Waals surface area contributed by atoms with Crippen molar-refractivity contribution in [2.75, 3.05) is 6.54 Å². The summed E-state index contributed by atoms with van der Waals surface area (Å²) in [5.41, 5.74) is 2.74. The fraction of sp³-hybridized carbons (Fsp3) is 0.368. The molecule has 0 radical (unpaired) electrons. The molecular formula is C19H23NO2. The van der Waals surface area contributed by atoms with Crippen molar-refractivity contribution in [1.82, 2.24) is 5.32 Å². The molecule has 0 saturated carbocycles. The van der Waals surface area contributed by atoms with Crippen molar-refractivity contribution in [2.24, 2.45) is 0 Å². The Labute approximate surface area is 131 Å². The first kappa shape index (κ1) is 14.9. The van der Waals surface area contributed by atoms with Crippen molar-refractivity contribution < 1.29 is 10.2 Å². The van der Waals surface area contributed by atoms with Crippen LogP contribution in [0.25, 0.3) is 11.1 Å². The Balaban J connectivity index is 1.76. The second-order valence-electron chi connectivity index (χ2n) is 6.09. The van der Waals surface area contributed by atoms with Gasteiger partial charge in [-0.1, -0.05) is 30.7 Å². The van der Waals surface area contributed by atoms with Crippen LogP contribution in [-0.4, -0.2) is 22.8 Å². The summed E-state index contributed by atoms with van der Waals surface area (Å²) in [6.45, 7) is 1.12. The number of phenols is 2. The van der Waals surface area contributed by atoms with E-state index in [0.29, 0.717) is 6.04 Å². The lowest BCUT2D eigenvalue weighted by molar-refractivity contribution is 0.382. The number of rotatable bonds is 4. The topological polar surface area (TPSA) is 52.5 Å². The van der Waals surface area contributed by atoms with Crippen LogP contribution in [0.1, 0.15) is 31.2 Å². The van der Waals surface area contributed by atoms with Crippen molar-refractivity contribution in [2.45, 2.75) is 38.1 Å². The summed E-state index contributed by atoms with van der Waals surface area (Å²) in [4.78, 5) is 0. The predicted octanol–water partition coefficient (Wildman–Crippen LogP) is 3.84. The number of para-hydroxylation sites is 1. The van der Waals surface area contributed by atoms with Gasteiger partial charge in [-0.25, -0.2) is 0 Å². The zero-order valence-electron chi connectivity index (χ0n) is 12.8. The first-order chi connectivity index (χ1) is 10.7. The van der Waals surface area contributed by atoms with E-state index in [0.717, 1.165) is 36.1 Å². The van der Waals surface area contributed by atoms with E-state index >= 15 is 0 Å². The molecule has 0 unspecified atom stereocenters. The van der Waals surface area contributed by atoms with Gasteiger partial charge in [0.05, 0.1) is 0 Å². The lowest BCUT2D eigenvalue weighted by Crippen LogP contribution is -2.34. The number of aromatic hydroxyl groups is 2. The van der Waals surface area contributed by atoms with Gasteiger partial charge >= 0.3 is 0 Å². The van der Waals surface area contributed by atoms with Crippen molar-refractivity contribution >= 4 is 0 Å². The number of hydrogen-bond acceptors (Lipinski definition) is 3. The maximum absolute atomic E-state index is 9.99. The number of aryl methyl sites for hydroxylation is 1. The number of piperidine rings is 1. The number of nitrogens with one attached hydrogen (secondary N) is 1. The molecule has 3 rings (SSSR count). The van der Waals surface area contributed by atoms with E-state index in [1.807, 2.05) is 18.2 Å². The molecule has 22 heavy (non-hydrogen) atoms. The molecule has 116 valence electrons. The Morgan fingerprint density at radius 1 is 1.05 bits per heavy atom. The molecule has 1 aliphatic heterocycles. The monoisotopic (exact) mass is 297 g/mol. The third-order valence-corrected chi connectivity index (χ3v) is 4.39. The van der Waals surface area contributed by atoms with Crippen molar-refractivity contribution in [3.8, 4) is 22.6 Å². The predicted molar refractivity (Wildman–Crippen MR) is 89.2 cm³/mol. The van der Waals surface area contributed by atoms with Gasteiger partial charge in [-0.3, -0.25) is 0 Å². The molecule has 3 N–H and O–H groups in total. The molecule has 1 fully saturated rings. The molecule has 1 heterocycles.